The molecule has 0 bridgehead atoms. The van der Waals surface area contributed by atoms with Gasteiger partial charge in [-0.25, -0.2) is 9.97 Å². The highest BCUT2D eigenvalue weighted by atomic mass is 32.1. The lowest BCUT2D eigenvalue weighted by molar-refractivity contribution is 0.0943. The highest BCUT2D eigenvalue weighted by molar-refractivity contribution is 7.13. The van der Waals surface area contributed by atoms with E-state index in [4.69, 9.17) is 0 Å². The summed E-state index contributed by atoms with van der Waals surface area (Å²) in [4.78, 5) is 21.8. The number of hydrogen-bond donors (Lipinski definition) is 3. The molecule has 27 heavy (non-hydrogen) atoms. The van der Waals surface area contributed by atoms with Crippen LogP contribution in [-0.4, -0.2) is 27.0 Å². The van der Waals surface area contributed by atoms with Gasteiger partial charge in [0.1, 0.15) is 0 Å². The zero-order valence-electron chi connectivity index (χ0n) is 15.4. The number of nitrogens with one attached hydrogen (secondary N) is 2. The smallest absolute Gasteiger partial charge is 0.252 e. The normalized spacial score (nSPS) is 12.0. The van der Waals surface area contributed by atoms with Crippen molar-refractivity contribution >= 4 is 28.9 Å². The first-order valence-corrected chi connectivity index (χ1v) is 9.58. The number of rotatable bonds is 6. The number of amides is 1. The minimum atomic E-state index is -0.541. The lowest BCUT2D eigenvalue weighted by Gasteiger charge is -2.09. The minimum Gasteiger partial charge on any atom is -0.389 e. The molecule has 7 heteroatoms. The molecule has 3 aromatic rings. The maximum atomic E-state index is 12.1. The number of nitrogens with zero attached hydrogens (tertiary/aromatic N) is 2. The Morgan fingerprint density at radius 1 is 1.19 bits per heavy atom. The molecule has 0 fully saturated rings. The van der Waals surface area contributed by atoms with Crippen LogP contribution >= 0.6 is 11.3 Å². The van der Waals surface area contributed by atoms with E-state index in [1.165, 1.54) is 11.3 Å². The van der Waals surface area contributed by atoms with Crippen LogP contribution < -0.4 is 10.6 Å². The Bertz CT molecular complexity index is 937. The van der Waals surface area contributed by atoms with E-state index < -0.39 is 6.10 Å². The summed E-state index contributed by atoms with van der Waals surface area (Å²) in [5, 5.41) is 17.6. The summed E-state index contributed by atoms with van der Waals surface area (Å²) >= 11 is 1.47. The van der Waals surface area contributed by atoms with Crippen LogP contribution in [0.2, 0.25) is 0 Å². The van der Waals surface area contributed by atoms with E-state index in [0.717, 1.165) is 21.8 Å². The van der Waals surface area contributed by atoms with Crippen molar-refractivity contribution in [2.75, 3.05) is 5.32 Å². The van der Waals surface area contributed by atoms with E-state index in [2.05, 4.69) is 20.6 Å². The van der Waals surface area contributed by atoms with Crippen LogP contribution in [0.5, 0.6) is 0 Å². The number of carbonyl (C=O) groups excluding carboxylic acids is 1. The Kier molecular flexibility index (Phi) is 5.83. The molecule has 6 nitrogen and oxygen atoms in total. The Balaban J connectivity index is 1.79. The molecule has 3 N–H and O–H groups in total. The molecule has 0 aliphatic rings. The molecule has 1 atom stereocenters. The molecule has 1 unspecified atom stereocenters. The lowest BCUT2D eigenvalue weighted by Crippen LogP contribution is -2.29. The number of aromatic nitrogens is 2. The fourth-order valence-electron chi connectivity index (χ4n) is 2.50. The Morgan fingerprint density at radius 3 is 2.74 bits per heavy atom. The number of aliphatic hydroxyl groups excluding tert-OH is 1. The second kappa shape index (κ2) is 8.28. The van der Waals surface area contributed by atoms with Gasteiger partial charge in [0.2, 0.25) is 5.95 Å². The van der Waals surface area contributed by atoms with Crippen LogP contribution in [0.1, 0.15) is 42.8 Å². The van der Waals surface area contributed by atoms with Crippen molar-refractivity contribution < 1.29 is 9.90 Å². The van der Waals surface area contributed by atoms with Gasteiger partial charge in [-0.1, -0.05) is 12.1 Å². The summed E-state index contributed by atoms with van der Waals surface area (Å²) in [6, 6.07) is 11.2. The number of benzene rings is 1. The van der Waals surface area contributed by atoms with E-state index in [0.29, 0.717) is 11.5 Å². The van der Waals surface area contributed by atoms with E-state index in [1.54, 1.807) is 13.1 Å². The third-order valence-electron chi connectivity index (χ3n) is 3.81. The van der Waals surface area contributed by atoms with Crippen LogP contribution in [0.4, 0.5) is 11.6 Å². The minimum absolute atomic E-state index is 0.0881. The van der Waals surface area contributed by atoms with Crippen LogP contribution in [0, 0.1) is 0 Å². The molecular formula is C20H22N4O2S. The van der Waals surface area contributed by atoms with Crippen molar-refractivity contribution in [3.05, 3.63) is 59.1 Å². The second-order valence-electron chi connectivity index (χ2n) is 6.52. The van der Waals surface area contributed by atoms with Crippen molar-refractivity contribution in [2.24, 2.45) is 0 Å². The van der Waals surface area contributed by atoms with Gasteiger partial charge in [0.05, 0.1) is 22.2 Å². The first-order chi connectivity index (χ1) is 12.9. The van der Waals surface area contributed by atoms with Crippen molar-refractivity contribution in [3.8, 4) is 10.6 Å². The van der Waals surface area contributed by atoms with Crippen LogP contribution in [0.25, 0.3) is 10.6 Å². The largest absolute Gasteiger partial charge is 0.389 e. The van der Waals surface area contributed by atoms with Gasteiger partial charge < -0.3 is 15.7 Å². The van der Waals surface area contributed by atoms with Crippen molar-refractivity contribution in [1.29, 1.82) is 0 Å². The number of thiophene rings is 1. The monoisotopic (exact) mass is 382 g/mol. The molecule has 1 aromatic carbocycles. The van der Waals surface area contributed by atoms with E-state index >= 15 is 0 Å². The summed E-state index contributed by atoms with van der Waals surface area (Å²) in [6.45, 7) is 5.58. The van der Waals surface area contributed by atoms with Crippen LogP contribution in [0.15, 0.2) is 48.0 Å². The van der Waals surface area contributed by atoms with Crippen LogP contribution in [-0.2, 0) is 0 Å². The maximum absolute atomic E-state index is 12.1. The summed E-state index contributed by atoms with van der Waals surface area (Å²) in [5.41, 5.74) is 2.98. The fourth-order valence-corrected chi connectivity index (χ4v) is 3.36. The molecule has 0 radical (unpaired) electrons. The summed E-state index contributed by atoms with van der Waals surface area (Å²) in [6.07, 6.45) is 1.14. The van der Waals surface area contributed by atoms with E-state index in [-0.39, 0.29) is 11.9 Å². The van der Waals surface area contributed by atoms with Crippen molar-refractivity contribution in [3.63, 3.8) is 0 Å². The van der Waals surface area contributed by atoms with Gasteiger partial charge in [0.15, 0.2) is 0 Å². The van der Waals surface area contributed by atoms with Crippen molar-refractivity contribution in [1.82, 2.24) is 15.3 Å². The molecule has 2 heterocycles. The zero-order chi connectivity index (χ0) is 19.4. The molecule has 3 rings (SSSR count). The van der Waals surface area contributed by atoms with E-state index in [1.807, 2.05) is 55.6 Å². The van der Waals surface area contributed by atoms with Gasteiger partial charge in [-0.15, -0.1) is 11.3 Å². The molecule has 0 spiro atoms. The predicted molar refractivity (Wildman–Crippen MR) is 108 cm³/mol. The quantitative estimate of drug-likeness (QED) is 0.596. The average Bonchev–Trinajstić information content (AvgIpc) is 3.12. The van der Waals surface area contributed by atoms with Gasteiger partial charge in [0.25, 0.3) is 5.91 Å². The molecule has 0 saturated carbocycles. The van der Waals surface area contributed by atoms with Crippen LogP contribution in [0.3, 0.4) is 0 Å². The molecule has 2 aromatic heterocycles. The molecular weight excluding hydrogens is 360 g/mol. The molecule has 0 aliphatic heterocycles. The highest BCUT2D eigenvalue weighted by Gasteiger charge is 2.12. The molecule has 0 saturated heterocycles. The summed E-state index contributed by atoms with van der Waals surface area (Å²) in [5.74, 6) is 0.367. The average molecular weight is 382 g/mol. The van der Waals surface area contributed by atoms with Gasteiger partial charge in [0, 0.05) is 23.3 Å². The van der Waals surface area contributed by atoms with Gasteiger partial charge in [-0.2, -0.15) is 0 Å². The first kappa shape index (κ1) is 19.0. The SMILES string of the molecule is CC(C)NC(=O)c1csc(-c2ccnc(Nc3cccc(C(C)O)c3)n2)c1. The fraction of sp³-hybridized carbons (Fsp3) is 0.250. The topological polar surface area (TPSA) is 87.1 Å². The predicted octanol–water partition coefficient (Wildman–Crippen LogP) is 4.14. The third-order valence-corrected chi connectivity index (χ3v) is 4.77. The standard InChI is InChI=1S/C20H22N4O2S/c1-12(2)22-19(26)15-10-18(27-11-15)17-7-8-21-20(24-17)23-16-6-4-5-14(9-16)13(3)25/h4-13,25H,1-3H3,(H,22,26)(H,21,23,24). The Hall–Kier alpha value is -2.77. The molecule has 0 aliphatic carbocycles. The highest BCUT2D eigenvalue weighted by Crippen LogP contribution is 2.27. The number of anilines is 2. The number of aliphatic hydroxyl groups is 1. The first-order valence-electron chi connectivity index (χ1n) is 8.70. The van der Waals surface area contributed by atoms with Gasteiger partial charge in [-0.05, 0) is 50.6 Å². The lowest BCUT2D eigenvalue weighted by atomic mass is 10.1. The molecule has 140 valence electrons. The summed E-state index contributed by atoms with van der Waals surface area (Å²) in [7, 11) is 0. The Labute approximate surface area is 162 Å². The maximum Gasteiger partial charge on any atom is 0.252 e. The Morgan fingerprint density at radius 2 is 2.00 bits per heavy atom. The third kappa shape index (κ3) is 4.90. The summed E-state index contributed by atoms with van der Waals surface area (Å²) < 4.78 is 0. The number of hydrogen-bond acceptors (Lipinski definition) is 6. The van der Waals surface area contributed by atoms with Gasteiger partial charge >= 0.3 is 0 Å². The number of carbonyl (C=O) groups is 1. The second-order valence-corrected chi connectivity index (χ2v) is 7.43. The van der Waals surface area contributed by atoms with E-state index in [9.17, 15) is 9.90 Å². The molecule has 1 amide bonds. The zero-order valence-corrected chi connectivity index (χ0v) is 16.2. The van der Waals surface area contributed by atoms with Gasteiger partial charge in [-0.3, -0.25) is 4.79 Å². The van der Waals surface area contributed by atoms with Crippen molar-refractivity contribution in [2.45, 2.75) is 32.9 Å².